The summed E-state index contributed by atoms with van der Waals surface area (Å²) in [6, 6.07) is 0.202. The van der Waals surface area contributed by atoms with Crippen molar-refractivity contribution in [3.63, 3.8) is 0 Å². The van der Waals surface area contributed by atoms with Crippen LogP contribution in [0.15, 0.2) is 12.4 Å². The van der Waals surface area contributed by atoms with E-state index in [0.717, 1.165) is 0 Å². The maximum atomic E-state index is 5.14. The second kappa shape index (κ2) is 5.89. The topological polar surface area (TPSA) is 94.9 Å². The molecule has 0 amide bonds. The summed E-state index contributed by atoms with van der Waals surface area (Å²) in [6.07, 6.45) is 3.08. The molecule has 0 spiro atoms. The van der Waals surface area contributed by atoms with Gasteiger partial charge in [0.1, 0.15) is 0 Å². The zero-order chi connectivity index (χ0) is 13.7. The van der Waals surface area contributed by atoms with Gasteiger partial charge in [-0.25, -0.2) is 9.97 Å². The molecule has 8 nitrogen and oxygen atoms in total. The lowest BCUT2D eigenvalue weighted by Crippen LogP contribution is -2.07. The van der Waals surface area contributed by atoms with E-state index < -0.39 is 0 Å². The first-order valence-corrected chi connectivity index (χ1v) is 5.67. The number of rotatable bonds is 5. The average molecular weight is 262 g/mol. The molecule has 0 unspecified atom stereocenters. The van der Waals surface area contributed by atoms with E-state index in [4.69, 9.17) is 9.47 Å². The lowest BCUT2D eigenvalue weighted by Gasteiger charge is -2.08. The fraction of sp³-hybridized carbons (Fsp3) is 0.364. The van der Waals surface area contributed by atoms with Crippen molar-refractivity contribution in [2.24, 2.45) is 0 Å². The molecule has 2 aromatic heterocycles. The highest BCUT2D eigenvalue weighted by molar-refractivity contribution is 5.57. The van der Waals surface area contributed by atoms with Gasteiger partial charge in [0.05, 0.1) is 14.2 Å². The molecular weight excluding hydrogens is 248 g/mol. The third-order valence-electron chi connectivity index (χ3n) is 2.20. The van der Waals surface area contributed by atoms with Crippen molar-refractivity contribution >= 4 is 5.95 Å². The van der Waals surface area contributed by atoms with Crippen LogP contribution in [0.5, 0.6) is 11.9 Å². The highest BCUT2D eigenvalue weighted by Crippen LogP contribution is 2.23. The van der Waals surface area contributed by atoms with Crippen LogP contribution in [0, 0.1) is 0 Å². The number of nitrogens with zero attached hydrogens (tertiary/aromatic N) is 5. The molecule has 19 heavy (non-hydrogen) atoms. The van der Waals surface area contributed by atoms with Crippen LogP contribution in [0.25, 0.3) is 11.5 Å². The maximum Gasteiger partial charge on any atom is 0.321 e. The second-order valence-electron chi connectivity index (χ2n) is 3.41. The molecule has 2 rings (SSSR count). The standard InChI is InChI=1S/C11H14N6O2/c1-4-12-10-15-8(16-11(17-10)19-3)7-9(18-2)14-6-5-13-7/h5-6H,4H2,1-3H3,(H,12,15,16,17). The molecule has 0 saturated carbocycles. The second-order valence-corrected chi connectivity index (χ2v) is 3.41. The van der Waals surface area contributed by atoms with Gasteiger partial charge in [0.2, 0.25) is 11.8 Å². The fourth-order valence-corrected chi connectivity index (χ4v) is 1.42. The summed E-state index contributed by atoms with van der Waals surface area (Å²) in [5.74, 6) is 1.10. The molecule has 0 radical (unpaired) electrons. The Morgan fingerprint density at radius 1 is 1.05 bits per heavy atom. The zero-order valence-corrected chi connectivity index (χ0v) is 10.9. The summed E-state index contributed by atoms with van der Waals surface area (Å²) < 4.78 is 10.2. The van der Waals surface area contributed by atoms with Crippen molar-refractivity contribution in [3.05, 3.63) is 12.4 Å². The van der Waals surface area contributed by atoms with Gasteiger partial charge >= 0.3 is 6.01 Å². The summed E-state index contributed by atoms with van der Waals surface area (Å²) in [5, 5.41) is 3.00. The number of hydrogen-bond donors (Lipinski definition) is 1. The average Bonchev–Trinajstić information content (AvgIpc) is 2.47. The first-order valence-electron chi connectivity index (χ1n) is 5.67. The summed E-state index contributed by atoms with van der Waals surface area (Å²) >= 11 is 0. The van der Waals surface area contributed by atoms with E-state index >= 15 is 0 Å². The van der Waals surface area contributed by atoms with Crippen molar-refractivity contribution in [2.75, 3.05) is 26.1 Å². The molecule has 0 aliphatic heterocycles. The van der Waals surface area contributed by atoms with Gasteiger partial charge in [-0.2, -0.15) is 15.0 Å². The molecule has 0 atom stereocenters. The van der Waals surface area contributed by atoms with Crippen LogP contribution in [0.2, 0.25) is 0 Å². The number of ether oxygens (including phenoxy) is 2. The Morgan fingerprint density at radius 3 is 2.53 bits per heavy atom. The van der Waals surface area contributed by atoms with Crippen molar-refractivity contribution in [1.82, 2.24) is 24.9 Å². The summed E-state index contributed by atoms with van der Waals surface area (Å²) in [6.45, 7) is 2.63. The molecule has 0 saturated heterocycles. The highest BCUT2D eigenvalue weighted by Gasteiger charge is 2.14. The molecule has 2 heterocycles. The molecule has 0 bridgehead atoms. The Balaban J connectivity index is 2.51. The van der Waals surface area contributed by atoms with Crippen LogP contribution in [0.4, 0.5) is 5.95 Å². The largest absolute Gasteiger partial charge is 0.479 e. The Kier molecular flexibility index (Phi) is 4.01. The fourth-order valence-electron chi connectivity index (χ4n) is 1.42. The zero-order valence-electron chi connectivity index (χ0n) is 10.9. The van der Waals surface area contributed by atoms with Crippen LogP contribution in [-0.2, 0) is 0 Å². The van der Waals surface area contributed by atoms with Crippen LogP contribution in [0.3, 0.4) is 0 Å². The lowest BCUT2D eigenvalue weighted by atomic mass is 10.4. The summed E-state index contributed by atoms with van der Waals surface area (Å²) in [5.41, 5.74) is 0.435. The molecule has 0 aromatic carbocycles. The molecular formula is C11H14N6O2. The SMILES string of the molecule is CCNc1nc(OC)nc(-c2nccnc2OC)n1. The summed E-state index contributed by atoms with van der Waals surface area (Å²) in [7, 11) is 3.00. The predicted octanol–water partition coefficient (Wildman–Crippen LogP) is 0.778. The Bertz CT molecular complexity index is 563. The Morgan fingerprint density at radius 2 is 1.84 bits per heavy atom. The van der Waals surface area contributed by atoms with Crippen LogP contribution < -0.4 is 14.8 Å². The first-order chi connectivity index (χ1) is 9.28. The van der Waals surface area contributed by atoms with E-state index in [-0.39, 0.29) is 6.01 Å². The third-order valence-corrected chi connectivity index (χ3v) is 2.20. The van der Waals surface area contributed by atoms with Crippen molar-refractivity contribution in [2.45, 2.75) is 6.92 Å². The van der Waals surface area contributed by atoms with Gasteiger partial charge in [0.25, 0.3) is 0 Å². The lowest BCUT2D eigenvalue weighted by molar-refractivity contribution is 0.378. The van der Waals surface area contributed by atoms with Gasteiger partial charge in [0, 0.05) is 18.9 Å². The van der Waals surface area contributed by atoms with Gasteiger partial charge in [-0.15, -0.1) is 0 Å². The predicted molar refractivity (Wildman–Crippen MR) is 68.1 cm³/mol. The normalized spacial score (nSPS) is 10.1. The van der Waals surface area contributed by atoms with Crippen LogP contribution >= 0.6 is 0 Å². The van der Waals surface area contributed by atoms with Gasteiger partial charge in [-0.1, -0.05) is 0 Å². The monoisotopic (exact) mass is 262 g/mol. The van der Waals surface area contributed by atoms with Crippen LogP contribution in [0.1, 0.15) is 6.92 Å². The van der Waals surface area contributed by atoms with Gasteiger partial charge in [-0.3, -0.25) is 0 Å². The third kappa shape index (κ3) is 2.84. The number of aromatic nitrogens is 5. The van der Waals surface area contributed by atoms with E-state index in [1.165, 1.54) is 20.4 Å². The van der Waals surface area contributed by atoms with Gasteiger partial charge in [0.15, 0.2) is 11.5 Å². The minimum Gasteiger partial charge on any atom is -0.479 e. The molecule has 0 aliphatic rings. The van der Waals surface area contributed by atoms with Crippen LogP contribution in [-0.4, -0.2) is 45.7 Å². The number of nitrogens with one attached hydrogen (secondary N) is 1. The van der Waals surface area contributed by atoms with E-state index in [1.807, 2.05) is 6.92 Å². The molecule has 8 heteroatoms. The Labute approximate surface area is 110 Å². The maximum absolute atomic E-state index is 5.14. The molecule has 1 N–H and O–H groups in total. The number of methoxy groups -OCH3 is 2. The molecule has 2 aromatic rings. The molecule has 0 aliphatic carbocycles. The van der Waals surface area contributed by atoms with E-state index in [0.29, 0.717) is 29.9 Å². The summed E-state index contributed by atoms with van der Waals surface area (Å²) in [4.78, 5) is 20.7. The number of anilines is 1. The Hall–Kier alpha value is -2.51. The quantitative estimate of drug-likeness (QED) is 0.844. The first kappa shape index (κ1) is 12.9. The van der Waals surface area contributed by atoms with E-state index in [2.05, 4.69) is 30.2 Å². The van der Waals surface area contributed by atoms with E-state index in [9.17, 15) is 0 Å². The minimum absolute atomic E-state index is 0.202. The van der Waals surface area contributed by atoms with Crippen molar-refractivity contribution < 1.29 is 9.47 Å². The highest BCUT2D eigenvalue weighted by atomic mass is 16.5. The van der Waals surface area contributed by atoms with Crippen molar-refractivity contribution in [3.8, 4) is 23.4 Å². The van der Waals surface area contributed by atoms with E-state index in [1.54, 1.807) is 6.20 Å². The molecule has 0 fully saturated rings. The smallest absolute Gasteiger partial charge is 0.321 e. The van der Waals surface area contributed by atoms with Crippen molar-refractivity contribution in [1.29, 1.82) is 0 Å². The minimum atomic E-state index is 0.202. The molecule has 100 valence electrons. The van der Waals surface area contributed by atoms with Gasteiger partial charge in [-0.05, 0) is 6.92 Å². The van der Waals surface area contributed by atoms with Gasteiger partial charge < -0.3 is 14.8 Å². The number of hydrogen-bond acceptors (Lipinski definition) is 8.